The number of carbonyl (C=O) groups excluding carboxylic acids is 3. The van der Waals surface area contributed by atoms with E-state index in [1.54, 1.807) is 27.0 Å². The van der Waals surface area contributed by atoms with E-state index in [1.807, 2.05) is 30.3 Å². The summed E-state index contributed by atoms with van der Waals surface area (Å²) in [7, 11) is -5.78. The smallest absolute Gasteiger partial charge is 0.339 e. The molecule has 4 aromatic rings. The summed E-state index contributed by atoms with van der Waals surface area (Å²) in [6.45, 7) is 5.35. The number of alkyl halides is 2. The van der Waals surface area contributed by atoms with Gasteiger partial charge >= 0.3 is 13.3 Å². The molecular weight excluding hydrogens is 659 g/mol. The van der Waals surface area contributed by atoms with E-state index in [4.69, 9.17) is 15.5 Å². The van der Waals surface area contributed by atoms with Crippen LogP contribution in [0, 0.1) is 5.41 Å². The molecule has 0 bridgehead atoms. The number of fused-ring (bicyclic) bond motifs is 1. The molecule has 0 spiro atoms. The fraction of sp³-hybridized carbons (Fsp3) is 0.333. The molecule has 1 unspecified atom stereocenters. The Labute approximate surface area is 271 Å². The van der Waals surface area contributed by atoms with Crippen LogP contribution in [0.25, 0.3) is 20.5 Å². The molecule has 3 heterocycles. The lowest BCUT2D eigenvalue weighted by Gasteiger charge is -2.35. The summed E-state index contributed by atoms with van der Waals surface area (Å²) in [5.74, 6) is -1.62. The van der Waals surface area contributed by atoms with Crippen LogP contribution in [0.5, 0.6) is 0 Å². The van der Waals surface area contributed by atoms with Crippen LogP contribution in [0.3, 0.4) is 0 Å². The van der Waals surface area contributed by atoms with E-state index in [2.05, 4.69) is 15.6 Å². The van der Waals surface area contributed by atoms with Crippen molar-refractivity contribution in [2.75, 3.05) is 11.9 Å². The van der Waals surface area contributed by atoms with Crippen LogP contribution in [0.1, 0.15) is 42.4 Å². The van der Waals surface area contributed by atoms with Gasteiger partial charge in [-0.05, 0) is 41.0 Å². The van der Waals surface area contributed by atoms with E-state index >= 15 is 0 Å². The van der Waals surface area contributed by atoms with Gasteiger partial charge < -0.3 is 31.1 Å². The Hall–Kier alpha value is -3.59. The molecule has 0 saturated carbocycles. The second kappa shape index (κ2) is 12.5. The second-order valence-corrected chi connectivity index (χ2v) is 15.9. The van der Waals surface area contributed by atoms with Crippen LogP contribution >= 0.6 is 30.3 Å². The number of amides is 3. The van der Waals surface area contributed by atoms with Gasteiger partial charge in [0.15, 0.2) is 5.13 Å². The number of aromatic nitrogens is 1. The van der Waals surface area contributed by atoms with Gasteiger partial charge in [-0.3, -0.25) is 18.9 Å². The zero-order chi connectivity index (χ0) is 33.6. The van der Waals surface area contributed by atoms with Gasteiger partial charge in [0.2, 0.25) is 11.8 Å². The molecule has 1 aliphatic rings. The Morgan fingerprint density at radius 1 is 1.09 bits per heavy atom. The molecule has 2 aromatic heterocycles. The molecule has 3 amide bonds. The first-order chi connectivity index (χ1) is 21.5. The molecule has 1 aliphatic heterocycles. The maximum Gasteiger partial charge on any atom is 0.399 e. The number of rotatable bonds is 8. The van der Waals surface area contributed by atoms with Crippen LogP contribution in [0.4, 0.5) is 13.9 Å². The van der Waals surface area contributed by atoms with Gasteiger partial charge in [0.1, 0.15) is 12.1 Å². The molecule has 0 aliphatic carbocycles. The van der Waals surface area contributed by atoms with Crippen molar-refractivity contribution in [2.45, 2.75) is 51.0 Å². The fourth-order valence-electron chi connectivity index (χ4n) is 5.14. The highest BCUT2D eigenvalue weighted by Crippen LogP contribution is 2.59. The average Bonchev–Trinajstić information content (AvgIpc) is 3.72. The molecule has 16 heteroatoms. The second-order valence-electron chi connectivity index (χ2n) is 12.1. The Kier molecular flexibility index (Phi) is 9.21. The summed E-state index contributed by atoms with van der Waals surface area (Å²) in [4.78, 5) is 65.6. The SMILES string of the molecule is CC(C)(C)C(NC(=O)c1cc2cc(C(F)(F)P(=O)(O)O)ccc2s1)C(=O)N1C[C@H](N)C[C@H]1C(=O)Nc1ncc(-c2ccccc2)s1. The van der Waals surface area contributed by atoms with Crippen molar-refractivity contribution in [3.05, 3.63) is 71.2 Å². The van der Waals surface area contributed by atoms with Gasteiger partial charge in [-0.15, -0.1) is 11.3 Å². The number of hydrogen-bond acceptors (Lipinski definition) is 8. The first-order valence-corrected chi connectivity index (χ1v) is 17.4. The summed E-state index contributed by atoms with van der Waals surface area (Å²) in [6, 6.07) is 11.5. The molecule has 1 saturated heterocycles. The number of carbonyl (C=O) groups is 3. The van der Waals surface area contributed by atoms with Crippen molar-refractivity contribution in [3.63, 3.8) is 0 Å². The normalized spacial score (nSPS) is 18.0. The Morgan fingerprint density at radius 3 is 2.43 bits per heavy atom. The zero-order valence-corrected chi connectivity index (χ0v) is 27.5. The lowest BCUT2D eigenvalue weighted by Crippen LogP contribution is -2.57. The Balaban J connectivity index is 1.34. The lowest BCUT2D eigenvalue weighted by atomic mass is 9.85. The van der Waals surface area contributed by atoms with Crippen molar-refractivity contribution in [2.24, 2.45) is 11.1 Å². The molecule has 3 atom stereocenters. The zero-order valence-electron chi connectivity index (χ0n) is 24.9. The maximum atomic E-state index is 14.3. The fourth-order valence-corrected chi connectivity index (χ4v) is 7.39. The minimum absolute atomic E-state index is 0.0892. The Bertz CT molecular complexity index is 1840. The number of nitrogens with two attached hydrogens (primary N) is 1. The molecule has 1 fully saturated rings. The average molecular weight is 692 g/mol. The van der Waals surface area contributed by atoms with Gasteiger partial charge in [0.25, 0.3) is 5.91 Å². The maximum absolute atomic E-state index is 14.3. The number of nitrogens with one attached hydrogen (secondary N) is 2. The third-order valence-corrected chi connectivity index (χ3v) is 10.6. The molecule has 0 radical (unpaired) electrons. The van der Waals surface area contributed by atoms with Gasteiger partial charge in [-0.25, -0.2) is 4.98 Å². The number of anilines is 1. The van der Waals surface area contributed by atoms with E-state index < -0.39 is 60.1 Å². The first kappa shape index (κ1) is 33.8. The lowest BCUT2D eigenvalue weighted by molar-refractivity contribution is -0.140. The number of nitrogens with zero attached hydrogens (tertiary/aromatic N) is 2. The summed E-state index contributed by atoms with van der Waals surface area (Å²) in [6.07, 6.45) is 1.86. The van der Waals surface area contributed by atoms with Gasteiger partial charge in [-0.1, -0.05) is 68.5 Å². The number of thiazole rings is 1. The predicted molar refractivity (Wildman–Crippen MR) is 173 cm³/mol. The molecule has 2 aromatic carbocycles. The topological polar surface area (TPSA) is 175 Å². The number of likely N-dealkylation sites (tertiary alicyclic amines) is 1. The molecular formula is C30H32F2N5O6PS2. The predicted octanol–water partition coefficient (Wildman–Crippen LogP) is 4.96. The standard InChI is InChI=1S/C30H32F2N5O6PS2/c1-29(2,3)24(35-26(39)22-12-17-11-18(9-10-21(17)45-22)30(31,32)44(41,42)43)27(40)37-15-19(33)13-20(37)25(38)36-28-34-14-23(46-28)16-7-5-4-6-8-16/h4-12,14,19-20,24H,13,15,33H2,1-3H3,(H,35,39)(H,34,36,38)(H2,41,42,43)/t19-,20+,24?/m1/s1. The molecule has 6 N–H and O–H groups in total. The number of hydrogen-bond donors (Lipinski definition) is 5. The van der Waals surface area contributed by atoms with E-state index in [9.17, 15) is 27.7 Å². The van der Waals surface area contributed by atoms with E-state index in [-0.39, 0.29) is 23.2 Å². The third kappa shape index (κ3) is 6.89. The van der Waals surface area contributed by atoms with Crippen LogP contribution in [0.15, 0.2) is 60.8 Å². The van der Waals surface area contributed by atoms with Crippen molar-refractivity contribution in [1.29, 1.82) is 0 Å². The third-order valence-electron chi connectivity index (χ3n) is 7.55. The van der Waals surface area contributed by atoms with E-state index in [0.29, 0.717) is 9.83 Å². The summed E-state index contributed by atoms with van der Waals surface area (Å²) >= 11 is 2.26. The van der Waals surface area contributed by atoms with Crippen LogP contribution in [-0.2, 0) is 19.8 Å². The summed E-state index contributed by atoms with van der Waals surface area (Å²) < 4.78 is 40.3. The largest absolute Gasteiger partial charge is 0.399 e. The number of halogens is 2. The molecule has 244 valence electrons. The summed E-state index contributed by atoms with van der Waals surface area (Å²) in [5.41, 5.74) is 1.05. The van der Waals surface area contributed by atoms with E-state index in [0.717, 1.165) is 33.9 Å². The van der Waals surface area contributed by atoms with Gasteiger partial charge in [-0.2, -0.15) is 8.78 Å². The molecule has 46 heavy (non-hydrogen) atoms. The highest BCUT2D eigenvalue weighted by atomic mass is 32.1. The summed E-state index contributed by atoms with van der Waals surface area (Å²) in [5, 5.41) is 6.09. The quantitative estimate of drug-likeness (QED) is 0.161. The van der Waals surface area contributed by atoms with Gasteiger partial charge in [0.05, 0.1) is 9.75 Å². The van der Waals surface area contributed by atoms with Gasteiger partial charge in [0, 0.05) is 29.0 Å². The van der Waals surface area contributed by atoms with Crippen molar-refractivity contribution in [1.82, 2.24) is 15.2 Å². The molecule has 11 nitrogen and oxygen atoms in total. The van der Waals surface area contributed by atoms with Crippen LogP contribution in [0.2, 0.25) is 0 Å². The minimum Gasteiger partial charge on any atom is -0.339 e. The monoisotopic (exact) mass is 691 g/mol. The van der Waals surface area contributed by atoms with Crippen LogP contribution < -0.4 is 16.4 Å². The highest BCUT2D eigenvalue weighted by molar-refractivity contribution is 7.52. The highest BCUT2D eigenvalue weighted by Gasteiger charge is 2.50. The minimum atomic E-state index is -5.78. The first-order valence-electron chi connectivity index (χ1n) is 14.1. The van der Waals surface area contributed by atoms with Crippen molar-refractivity contribution >= 4 is 63.2 Å². The Morgan fingerprint density at radius 2 is 1.78 bits per heavy atom. The van der Waals surface area contributed by atoms with Crippen molar-refractivity contribution < 1.29 is 37.5 Å². The van der Waals surface area contributed by atoms with Crippen molar-refractivity contribution in [3.8, 4) is 10.4 Å². The van der Waals surface area contributed by atoms with E-state index in [1.165, 1.54) is 28.4 Å². The molecule has 5 rings (SSSR count). The number of thiophene rings is 1. The number of benzene rings is 2. The van der Waals surface area contributed by atoms with Crippen LogP contribution in [-0.4, -0.2) is 62.1 Å².